The molecule has 1 rings (SSSR count). The summed E-state index contributed by atoms with van der Waals surface area (Å²) in [5, 5.41) is 3.16. The van der Waals surface area contributed by atoms with Crippen molar-refractivity contribution >= 4 is 15.9 Å². The average Bonchev–Trinajstić information content (AvgIpc) is 2.10. The van der Waals surface area contributed by atoms with Crippen molar-refractivity contribution in [3.8, 4) is 0 Å². The first-order chi connectivity index (χ1) is 6.15. The van der Waals surface area contributed by atoms with Crippen LogP contribution in [0.4, 0.5) is 0 Å². The number of hydrogen-bond donors (Lipinski definition) is 2. The molecule has 1 aromatic heterocycles. The van der Waals surface area contributed by atoms with Gasteiger partial charge in [0.25, 0.3) is 5.56 Å². The van der Waals surface area contributed by atoms with Gasteiger partial charge in [-0.3, -0.25) is 4.79 Å². The minimum absolute atomic E-state index is 0.0748. The standard InChI is InChI=1S/C8H12BrN3O/c1-3-10-5(2)7-11-4-6(9)8(13)12-7/h4-5,10H,3H2,1-2H3,(H,11,12,13). The zero-order chi connectivity index (χ0) is 9.84. The Hall–Kier alpha value is -0.680. The molecule has 0 spiro atoms. The Morgan fingerprint density at radius 1 is 1.77 bits per heavy atom. The molecule has 1 aromatic rings. The van der Waals surface area contributed by atoms with Crippen molar-refractivity contribution < 1.29 is 0 Å². The Bertz CT molecular complexity index is 336. The molecule has 2 N–H and O–H groups in total. The van der Waals surface area contributed by atoms with Gasteiger partial charge in [0.2, 0.25) is 0 Å². The van der Waals surface area contributed by atoms with Gasteiger partial charge < -0.3 is 10.3 Å². The van der Waals surface area contributed by atoms with Gasteiger partial charge in [0.15, 0.2) is 0 Å². The monoisotopic (exact) mass is 245 g/mol. The molecule has 5 heteroatoms. The van der Waals surface area contributed by atoms with Crippen LogP contribution in [0.15, 0.2) is 15.5 Å². The summed E-state index contributed by atoms with van der Waals surface area (Å²) in [7, 11) is 0. The Balaban J connectivity index is 2.90. The smallest absolute Gasteiger partial charge is 0.265 e. The van der Waals surface area contributed by atoms with E-state index in [0.717, 1.165) is 6.54 Å². The molecule has 0 saturated carbocycles. The molecule has 13 heavy (non-hydrogen) atoms. The maximum absolute atomic E-state index is 11.2. The lowest BCUT2D eigenvalue weighted by Crippen LogP contribution is -2.23. The van der Waals surface area contributed by atoms with E-state index in [0.29, 0.717) is 10.3 Å². The summed E-state index contributed by atoms with van der Waals surface area (Å²) >= 11 is 3.09. The van der Waals surface area contributed by atoms with Gasteiger partial charge >= 0.3 is 0 Å². The molecule has 4 nitrogen and oxygen atoms in total. The summed E-state index contributed by atoms with van der Waals surface area (Å²) in [5.41, 5.74) is -0.144. The van der Waals surface area contributed by atoms with E-state index in [1.165, 1.54) is 6.20 Å². The fourth-order valence-corrected chi connectivity index (χ4v) is 1.22. The first kappa shape index (κ1) is 10.4. The van der Waals surface area contributed by atoms with Crippen molar-refractivity contribution in [2.24, 2.45) is 0 Å². The maximum Gasteiger partial charge on any atom is 0.265 e. The second-order valence-electron chi connectivity index (χ2n) is 2.72. The van der Waals surface area contributed by atoms with Gasteiger partial charge in [0, 0.05) is 6.20 Å². The van der Waals surface area contributed by atoms with Crippen molar-refractivity contribution in [1.29, 1.82) is 0 Å². The lowest BCUT2D eigenvalue weighted by molar-refractivity contribution is 0.563. The molecule has 72 valence electrons. The average molecular weight is 246 g/mol. The third-order valence-electron chi connectivity index (χ3n) is 1.70. The van der Waals surface area contributed by atoms with Gasteiger partial charge in [-0.1, -0.05) is 6.92 Å². The molecule has 0 aliphatic heterocycles. The minimum atomic E-state index is -0.144. The quantitative estimate of drug-likeness (QED) is 0.842. The minimum Gasteiger partial charge on any atom is -0.308 e. The molecular formula is C8H12BrN3O. The maximum atomic E-state index is 11.2. The summed E-state index contributed by atoms with van der Waals surface area (Å²) in [6.07, 6.45) is 1.52. The van der Waals surface area contributed by atoms with Gasteiger partial charge in [0.05, 0.1) is 6.04 Å². The molecule has 0 aliphatic carbocycles. The van der Waals surface area contributed by atoms with Crippen molar-refractivity contribution in [1.82, 2.24) is 15.3 Å². The Morgan fingerprint density at radius 2 is 2.46 bits per heavy atom. The predicted molar refractivity (Wildman–Crippen MR) is 54.6 cm³/mol. The molecular weight excluding hydrogens is 234 g/mol. The third-order valence-corrected chi connectivity index (χ3v) is 2.26. The first-order valence-corrected chi connectivity index (χ1v) is 4.92. The Kier molecular flexibility index (Phi) is 3.62. The zero-order valence-electron chi connectivity index (χ0n) is 7.60. The summed E-state index contributed by atoms with van der Waals surface area (Å²) in [4.78, 5) is 18.0. The van der Waals surface area contributed by atoms with Crippen LogP contribution in [0, 0.1) is 0 Å². The molecule has 1 atom stereocenters. The predicted octanol–water partition coefficient (Wildman–Crippen LogP) is 1.20. The molecule has 0 fully saturated rings. The van der Waals surface area contributed by atoms with E-state index in [4.69, 9.17) is 0 Å². The normalized spacial score (nSPS) is 12.8. The number of nitrogens with zero attached hydrogens (tertiary/aromatic N) is 1. The van der Waals surface area contributed by atoms with Crippen LogP contribution in [0.2, 0.25) is 0 Å². The summed E-state index contributed by atoms with van der Waals surface area (Å²) in [5.74, 6) is 0.662. The van der Waals surface area contributed by atoms with Crippen molar-refractivity contribution in [3.63, 3.8) is 0 Å². The Labute approximate surface area is 84.9 Å². The highest BCUT2D eigenvalue weighted by atomic mass is 79.9. The highest BCUT2D eigenvalue weighted by Gasteiger charge is 2.06. The van der Waals surface area contributed by atoms with Crippen LogP contribution in [0.3, 0.4) is 0 Å². The van der Waals surface area contributed by atoms with Gasteiger partial charge in [-0.15, -0.1) is 0 Å². The molecule has 0 bridgehead atoms. The molecule has 0 radical (unpaired) electrons. The largest absolute Gasteiger partial charge is 0.308 e. The number of H-pyrrole nitrogens is 1. The van der Waals surface area contributed by atoms with Crippen molar-refractivity contribution in [2.75, 3.05) is 6.54 Å². The van der Waals surface area contributed by atoms with E-state index in [1.807, 2.05) is 13.8 Å². The number of halogens is 1. The second kappa shape index (κ2) is 4.53. The highest BCUT2D eigenvalue weighted by molar-refractivity contribution is 9.10. The lowest BCUT2D eigenvalue weighted by Gasteiger charge is -2.10. The summed E-state index contributed by atoms with van der Waals surface area (Å²) < 4.78 is 0.458. The van der Waals surface area contributed by atoms with Crippen LogP contribution in [0.25, 0.3) is 0 Å². The number of aromatic amines is 1. The number of hydrogen-bond acceptors (Lipinski definition) is 3. The second-order valence-corrected chi connectivity index (χ2v) is 3.58. The highest BCUT2D eigenvalue weighted by Crippen LogP contribution is 2.05. The van der Waals surface area contributed by atoms with Gasteiger partial charge in [-0.25, -0.2) is 4.98 Å². The van der Waals surface area contributed by atoms with Gasteiger partial charge in [-0.2, -0.15) is 0 Å². The zero-order valence-corrected chi connectivity index (χ0v) is 9.18. The summed E-state index contributed by atoms with van der Waals surface area (Å²) in [6, 6.07) is 0.0748. The third kappa shape index (κ3) is 2.63. The van der Waals surface area contributed by atoms with Gasteiger partial charge in [-0.05, 0) is 29.4 Å². The van der Waals surface area contributed by atoms with E-state index in [2.05, 4.69) is 31.2 Å². The van der Waals surface area contributed by atoms with E-state index in [1.54, 1.807) is 0 Å². The fourth-order valence-electron chi connectivity index (χ4n) is 1.02. The molecule has 0 amide bonds. The molecule has 0 saturated heterocycles. The first-order valence-electron chi connectivity index (χ1n) is 4.13. The van der Waals surface area contributed by atoms with Gasteiger partial charge in [0.1, 0.15) is 10.3 Å². The Morgan fingerprint density at radius 3 is 3.00 bits per heavy atom. The molecule has 1 unspecified atom stereocenters. The van der Waals surface area contributed by atoms with Crippen LogP contribution in [-0.2, 0) is 0 Å². The van der Waals surface area contributed by atoms with E-state index in [-0.39, 0.29) is 11.6 Å². The molecule has 0 aliphatic rings. The summed E-state index contributed by atoms with van der Waals surface area (Å²) in [6.45, 7) is 4.81. The SMILES string of the molecule is CCNC(C)c1ncc(Br)c(=O)[nH]1. The number of aromatic nitrogens is 2. The molecule has 1 heterocycles. The topological polar surface area (TPSA) is 57.8 Å². The van der Waals surface area contributed by atoms with Crippen LogP contribution >= 0.6 is 15.9 Å². The number of nitrogens with one attached hydrogen (secondary N) is 2. The lowest BCUT2D eigenvalue weighted by atomic mass is 10.3. The van der Waals surface area contributed by atoms with Crippen LogP contribution in [0.1, 0.15) is 25.7 Å². The molecule has 0 aromatic carbocycles. The van der Waals surface area contributed by atoms with E-state index in [9.17, 15) is 4.79 Å². The fraction of sp³-hybridized carbons (Fsp3) is 0.500. The van der Waals surface area contributed by atoms with Crippen molar-refractivity contribution in [2.45, 2.75) is 19.9 Å². The van der Waals surface area contributed by atoms with E-state index >= 15 is 0 Å². The number of rotatable bonds is 3. The van der Waals surface area contributed by atoms with Crippen LogP contribution < -0.4 is 10.9 Å². The van der Waals surface area contributed by atoms with Crippen molar-refractivity contribution in [3.05, 3.63) is 26.8 Å². The van der Waals surface area contributed by atoms with Crippen LogP contribution in [0.5, 0.6) is 0 Å². The van der Waals surface area contributed by atoms with E-state index < -0.39 is 0 Å². The van der Waals surface area contributed by atoms with Crippen LogP contribution in [-0.4, -0.2) is 16.5 Å².